The van der Waals surface area contributed by atoms with Crippen molar-refractivity contribution in [3.05, 3.63) is 0 Å². The Morgan fingerprint density at radius 1 is 1.39 bits per heavy atom. The largest absolute Gasteiger partial charge is 0.339 e. The Bertz CT molecular complexity index is 291. The number of likely N-dealkylation sites (N-methyl/N-ethyl adjacent to an activating group) is 1. The Kier molecular flexibility index (Phi) is 4.62. The molecule has 4 heteroatoms. The molecule has 1 saturated carbocycles. The second-order valence-corrected chi connectivity index (χ2v) is 5.99. The molecule has 2 fully saturated rings. The van der Waals surface area contributed by atoms with Crippen molar-refractivity contribution in [2.75, 3.05) is 26.7 Å². The third-order valence-corrected chi connectivity index (χ3v) is 4.48. The van der Waals surface area contributed by atoms with Gasteiger partial charge < -0.3 is 10.6 Å². The maximum absolute atomic E-state index is 12.3. The van der Waals surface area contributed by atoms with Crippen LogP contribution in [0.1, 0.15) is 39.0 Å². The van der Waals surface area contributed by atoms with Crippen LogP contribution in [0.15, 0.2) is 0 Å². The number of hydrogen-bond acceptors (Lipinski definition) is 3. The van der Waals surface area contributed by atoms with E-state index in [1.807, 2.05) is 7.05 Å². The molecule has 0 aromatic heterocycles. The van der Waals surface area contributed by atoms with Crippen LogP contribution in [-0.4, -0.2) is 54.5 Å². The van der Waals surface area contributed by atoms with Crippen LogP contribution < -0.4 is 5.73 Å². The summed E-state index contributed by atoms with van der Waals surface area (Å²) in [6.07, 6.45) is 6.12. The molecule has 0 bridgehead atoms. The lowest BCUT2D eigenvalue weighted by Gasteiger charge is -2.36. The minimum atomic E-state index is 0.281. The minimum Gasteiger partial charge on any atom is -0.339 e. The highest BCUT2D eigenvalue weighted by molar-refractivity contribution is 5.78. The third kappa shape index (κ3) is 3.23. The molecule has 0 radical (unpaired) electrons. The third-order valence-electron chi connectivity index (χ3n) is 4.48. The summed E-state index contributed by atoms with van der Waals surface area (Å²) in [5, 5.41) is 0. The summed E-state index contributed by atoms with van der Waals surface area (Å²) >= 11 is 0. The van der Waals surface area contributed by atoms with E-state index in [1.165, 1.54) is 19.3 Å². The van der Waals surface area contributed by atoms with Crippen molar-refractivity contribution >= 4 is 5.91 Å². The lowest BCUT2D eigenvalue weighted by Crippen LogP contribution is -2.49. The maximum Gasteiger partial charge on any atom is 0.236 e. The van der Waals surface area contributed by atoms with Gasteiger partial charge >= 0.3 is 0 Å². The first kappa shape index (κ1) is 13.8. The van der Waals surface area contributed by atoms with Crippen LogP contribution in [0.5, 0.6) is 0 Å². The normalized spacial score (nSPS) is 26.4. The summed E-state index contributed by atoms with van der Waals surface area (Å²) in [5.74, 6) is 1.01. The molecule has 1 amide bonds. The van der Waals surface area contributed by atoms with E-state index in [-0.39, 0.29) is 5.91 Å². The van der Waals surface area contributed by atoms with E-state index >= 15 is 0 Å². The van der Waals surface area contributed by atoms with Crippen LogP contribution in [-0.2, 0) is 4.79 Å². The van der Waals surface area contributed by atoms with Crippen molar-refractivity contribution in [2.45, 2.75) is 51.1 Å². The van der Waals surface area contributed by atoms with Crippen LogP contribution in [0, 0.1) is 5.92 Å². The van der Waals surface area contributed by atoms with Crippen molar-refractivity contribution in [1.29, 1.82) is 0 Å². The monoisotopic (exact) mass is 253 g/mol. The smallest absolute Gasteiger partial charge is 0.236 e. The molecule has 2 unspecified atom stereocenters. The molecule has 18 heavy (non-hydrogen) atoms. The van der Waals surface area contributed by atoms with Gasteiger partial charge in [-0.2, -0.15) is 0 Å². The first-order chi connectivity index (χ1) is 8.63. The minimum absolute atomic E-state index is 0.281. The summed E-state index contributed by atoms with van der Waals surface area (Å²) in [4.78, 5) is 16.5. The van der Waals surface area contributed by atoms with Gasteiger partial charge in [0.1, 0.15) is 0 Å². The van der Waals surface area contributed by atoms with Gasteiger partial charge in [-0.25, -0.2) is 0 Å². The lowest BCUT2D eigenvalue weighted by molar-refractivity contribution is -0.135. The quantitative estimate of drug-likeness (QED) is 0.797. The van der Waals surface area contributed by atoms with Crippen molar-refractivity contribution in [3.63, 3.8) is 0 Å². The standard InChI is InChI=1S/C14H27N3O/c1-11-5-3-4-8-17(11)14(18)10-16(2)13(9-15)12-6-7-12/h11-13H,3-10,15H2,1-2H3. The van der Waals surface area contributed by atoms with E-state index in [0.717, 1.165) is 25.3 Å². The molecule has 0 aromatic carbocycles. The fourth-order valence-electron chi connectivity index (χ4n) is 3.10. The highest BCUT2D eigenvalue weighted by Crippen LogP contribution is 2.34. The molecule has 1 aliphatic carbocycles. The van der Waals surface area contributed by atoms with Crippen LogP contribution in [0.2, 0.25) is 0 Å². The SMILES string of the molecule is CC1CCCCN1C(=O)CN(C)C(CN)C1CC1. The zero-order chi connectivity index (χ0) is 13.1. The van der Waals surface area contributed by atoms with Gasteiger partial charge in [-0.15, -0.1) is 0 Å². The summed E-state index contributed by atoms with van der Waals surface area (Å²) in [6, 6.07) is 0.811. The highest BCUT2D eigenvalue weighted by atomic mass is 16.2. The lowest BCUT2D eigenvalue weighted by atomic mass is 10.0. The number of nitrogens with zero attached hydrogens (tertiary/aromatic N) is 2. The van der Waals surface area contributed by atoms with Crippen molar-refractivity contribution in [2.24, 2.45) is 11.7 Å². The van der Waals surface area contributed by atoms with Gasteiger partial charge in [-0.3, -0.25) is 9.69 Å². The number of carbonyl (C=O) groups is 1. The van der Waals surface area contributed by atoms with E-state index < -0.39 is 0 Å². The Labute approximate surface area is 110 Å². The van der Waals surface area contributed by atoms with Crippen molar-refractivity contribution in [3.8, 4) is 0 Å². The molecule has 104 valence electrons. The molecule has 2 atom stereocenters. The van der Waals surface area contributed by atoms with E-state index in [2.05, 4.69) is 16.7 Å². The van der Waals surface area contributed by atoms with Gasteiger partial charge in [0, 0.05) is 25.2 Å². The molecule has 1 aliphatic heterocycles. The highest BCUT2D eigenvalue weighted by Gasteiger charge is 2.34. The number of nitrogens with two attached hydrogens (primary N) is 1. The van der Waals surface area contributed by atoms with Gasteiger partial charge in [-0.1, -0.05) is 0 Å². The van der Waals surface area contributed by atoms with Crippen LogP contribution in [0.4, 0.5) is 0 Å². The predicted molar refractivity (Wildman–Crippen MR) is 73.2 cm³/mol. The molecule has 4 nitrogen and oxygen atoms in total. The van der Waals surface area contributed by atoms with Crippen molar-refractivity contribution < 1.29 is 4.79 Å². The van der Waals surface area contributed by atoms with Crippen molar-refractivity contribution in [1.82, 2.24) is 9.80 Å². The van der Waals surface area contributed by atoms with Gasteiger partial charge in [-0.05, 0) is 52.0 Å². The van der Waals surface area contributed by atoms with E-state index in [9.17, 15) is 4.79 Å². The van der Waals surface area contributed by atoms with E-state index in [4.69, 9.17) is 5.73 Å². The number of hydrogen-bond donors (Lipinski definition) is 1. The number of carbonyl (C=O) groups excluding carboxylic acids is 1. The maximum atomic E-state index is 12.3. The summed E-state index contributed by atoms with van der Waals surface area (Å²) < 4.78 is 0. The average Bonchev–Trinajstić information content (AvgIpc) is 3.15. The molecule has 2 aliphatic rings. The molecule has 0 aromatic rings. The molecule has 1 heterocycles. The molecule has 2 N–H and O–H groups in total. The molecular formula is C14H27N3O. The number of rotatable bonds is 5. The fourth-order valence-corrected chi connectivity index (χ4v) is 3.10. The van der Waals surface area contributed by atoms with E-state index in [1.54, 1.807) is 0 Å². The predicted octanol–water partition coefficient (Wildman–Crippen LogP) is 1.06. The number of amides is 1. The zero-order valence-electron chi connectivity index (χ0n) is 11.8. The van der Waals surface area contributed by atoms with Gasteiger partial charge in [0.05, 0.1) is 6.54 Å². The molecule has 0 spiro atoms. The first-order valence-electron chi connectivity index (χ1n) is 7.33. The summed E-state index contributed by atoms with van der Waals surface area (Å²) in [5.41, 5.74) is 5.83. The number of piperidine rings is 1. The Balaban J connectivity index is 1.85. The Morgan fingerprint density at radius 2 is 2.11 bits per heavy atom. The summed E-state index contributed by atoms with van der Waals surface area (Å²) in [6.45, 7) is 4.30. The fraction of sp³-hybridized carbons (Fsp3) is 0.929. The Morgan fingerprint density at radius 3 is 2.67 bits per heavy atom. The second-order valence-electron chi connectivity index (χ2n) is 5.99. The molecule has 2 rings (SSSR count). The number of likely N-dealkylation sites (tertiary alicyclic amines) is 1. The molecule has 1 saturated heterocycles. The average molecular weight is 253 g/mol. The van der Waals surface area contributed by atoms with E-state index in [0.29, 0.717) is 25.2 Å². The van der Waals surface area contributed by atoms with Crippen LogP contribution >= 0.6 is 0 Å². The van der Waals surface area contributed by atoms with Crippen LogP contribution in [0.3, 0.4) is 0 Å². The zero-order valence-corrected chi connectivity index (χ0v) is 11.8. The Hall–Kier alpha value is -0.610. The van der Waals surface area contributed by atoms with Gasteiger partial charge in [0.25, 0.3) is 0 Å². The van der Waals surface area contributed by atoms with Gasteiger partial charge in [0.2, 0.25) is 5.91 Å². The first-order valence-corrected chi connectivity index (χ1v) is 7.33. The summed E-state index contributed by atoms with van der Waals surface area (Å²) in [7, 11) is 2.04. The van der Waals surface area contributed by atoms with Crippen LogP contribution in [0.25, 0.3) is 0 Å². The topological polar surface area (TPSA) is 49.6 Å². The van der Waals surface area contributed by atoms with Gasteiger partial charge in [0.15, 0.2) is 0 Å². The molecular weight excluding hydrogens is 226 g/mol. The second kappa shape index (κ2) is 6.02.